The monoisotopic (exact) mass is 558 g/mol. The highest BCUT2D eigenvalue weighted by Crippen LogP contribution is 2.55. The fraction of sp³-hybridized carbons (Fsp3) is 0. The normalized spacial score (nSPS) is 12.1. The Hall–Kier alpha value is -5.86. The van der Waals surface area contributed by atoms with Gasteiger partial charge in [0.1, 0.15) is 0 Å². The van der Waals surface area contributed by atoms with E-state index in [0.29, 0.717) is 0 Å². The standard InChI is InChI=1S/C42H26N2/c1-4-13-27(14-5-1)37-34-22-12-15-28-23-25-35-41(38(28)34)42-36(26-24-33-31-20-10-11-21-32(31)39(37)40(33)42)44(35)43(29-16-6-2-7-17-29)30-18-8-3-9-19-30/h1-26H. The van der Waals surface area contributed by atoms with Crippen LogP contribution >= 0.6 is 0 Å². The maximum atomic E-state index is 2.44. The Morgan fingerprint density at radius 2 is 0.909 bits per heavy atom. The van der Waals surface area contributed by atoms with Crippen molar-refractivity contribution in [2.45, 2.75) is 0 Å². The molecule has 2 aliphatic rings. The van der Waals surface area contributed by atoms with Gasteiger partial charge >= 0.3 is 0 Å². The Bertz CT molecular complexity index is 2540. The van der Waals surface area contributed by atoms with E-state index in [1.165, 1.54) is 76.4 Å². The number of anilines is 2. The molecule has 2 heteroatoms. The number of fused-ring (bicyclic) bond motifs is 3. The number of benzene rings is 7. The molecule has 10 rings (SSSR count). The van der Waals surface area contributed by atoms with Crippen LogP contribution in [0.25, 0.3) is 76.4 Å². The zero-order valence-electron chi connectivity index (χ0n) is 23.9. The summed E-state index contributed by atoms with van der Waals surface area (Å²) in [6.45, 7) is 0. The molecule has 2 aliphatic carbocycles. The van der Waals surface area contributed by atoms with Gasteiger partial charge < -0.3 is 0 Å². The van der Waals surface area contributed by atoms with Crippen molar-refractivity contribution < 1.29 is 0 Å². The van der Waals surface area contributed by atoms with E-state index in [-0.39, 0.29) is 0 Å². The number of para-hydroxylation sites is 2. The molecule has 8 aromatic rings. The van der Waals surface area contributed by atoms with Gasteiger partial charge in [0.15, 0.2) is 0 Å². The summed E-state index contributed by atoms with van der Waals surface area (Å²) in [6.07, 6.45) is 0. The zero-order chi connectivity index (χ0) is 28.8. The third kappa shape index (κ3) is 3.04. The third-order valence-electron chi connectivity index (χ3n) is 9.43. The molecule has 204 valence electrons. The molecule has 1 aromatic heterocycles. The van der Waals surface area contributed by atoms with Crippen molar-refractivity contribution in [3.05, 3.63) is 158 Å². The van der Waals surface area contributed by atoms with Crippen molar-refractivity contribution in [1.29, 1.82) is 0 Å². The Morgan fingerprint density at radius 1 is 0.341 bits per heavy atom. The highest BCUT2D eigenvalue weighted by Gasteiger charge is 2.30. The second kappa shape index (κ2) is 8.82. The Morgan fingerprint density at radius 3 is 1.64 bits per heavy atom. The lowest BCUT2D eigenvalue weighted by atomic mass is 9.92. The van der Waals surface area contributed by atoms with Gasteiger partial charge in [0.25, 0.3) is 0 Å². The van der Waals surface area contributed by atoms with Gasteiger partial charge in [0.05, 0.1) is 22.4 Å². The molecule has 0 saturated heterocycles. The van der Waals surface area contributed by atoms with Crippen LogP contribution in [0.5, 0.6) is 0 Å². The molecule has 0 atom stereocenters. The van der Waals surface area contributed by atoms with Crippen molar-refractivity contribution in [2.24, 2.45) is 0 Å². The van der Waals surface area contributed by atoms with Crippen molar-refractivity contribution >= 4 is 65.5 Å². The molecule has 44 heavy (non-hydrogen) atoms. The molecule has 0 spiro atoms. The predicted molar refractivity (Wildman–Crippen MR) is 187 cm³/mol. The first-order valence-corrected chi connectivity index (χ1v) is 15.2. The fourth-order valence-electron chi connectivity index (χ4n) is 7.74. The highest BCUT2D eigenvalue weighted by molar-refractivity contribution is 6.39. The smallest absolute Gasteiger partial charge is 0.0723 e. The summed E-state index contributed by atoms with van der Waals surface area (Å²) in [7, 11) is 0. The molecule has 0 aliphatic heterocycles. The van der Waals surface area contributed by atoms with E-state index in [9.17, 15) is 0 Å². The van der Waals surface area contributed by atoms with Gasteiger partial charge in [-0.1, -0.05) is 121 Å². The molecule has 0 unspecified atom stereocenters. The maximum absolute atomic E-state index is 2.44. The largest absolute Gasteiger partial charge is 0.249 e. The van der Waals surface area contributed by atoms with Gasteiger partial charge in [-0.25, -0.2) is 9.69 Å². The summed E-state index contributed by atoms with van der Waals surface area (Å²) >= 11 is 0. The predicted octanol–water partition coefficient (Wildman–Crippen LogP) is 11.5. The van der Waals surface area contributed by atoms with Gasteiger partial charge in [-0.05, 0) is 85.4 Å². The molecule has 0 saturated carbocycles. The number of hydrogen-bond acceptors (Lipinski definition) is 1. The van der Waals surface area contributed by atoms with Crippen LogP contribution in [-0.2, 0) is 0 Å². The second-order valence-electron chi connectivity index (χ2n) is 11.7. The van der Waals surface area contributed by atoms with E-state index in [0.717, 1.165) is 11.4 Å². The Kier molecular flexibility index (Phi) is 4.75. The summed E-state index contributed by atoms with van der Waals surface area (Å²) < 4.78 is 2.44. The molecule has 0 fully saturated rings. The van der Waals surface area contributed by atoms with Crippen LogP contribution < -0.4 is 5.01 Å². The Balaban J connectivity index is 1.50. The average molecular weight is 559 g/mol. The minimum absolute atomic E-state index is 1.12. The van der Waals surface area contributed by atoms with Gasteiger partial charge in [-0.3, -0.25) is 0 Å². The van der Waals surface area contributed by atoms with Crippen LogP contribution in [0.1, 0.15) is 0 Å². The van der Waals surface area contributed by atoms with Gasteiger partial charge in [-0.2, -0.15) is 0 Å². The molecular weight excluding hydrogens is 532 g/mol. The zero-order valence-corrected chi connectivity index (χ0v) is 23.9. The number of aromatic nitrogens is 1. The number of nitrogens with zero attached hydrogens (tertiary/aromatic N) is 2. The molecule has 0 N–H and O–H groups in total. The maximum Gasteiger partial charge on any atom is 0.0723 e. The quantitative estimate of drug-likeness (QED) is 0.209. The first-order valence-electron chi connectivity index (χ1n) is 15.2. The van der Waals surface area contributed by atoms with E-state index < -0.39 is 0 Å². The van der Waals surface area contributed by atoms with Gasteiger partial charge in [0, 0.05) is 16.3 Å². The fourth-order valence-corrected chi connectivity index (χ4v) is 7.74. The first-order chi connectivity index (χ1) is 21.9. The van der Waals surface area contributed by atoms with Crippen LogP contribution in [-0.4, -0.2) is 4.68 Å². The lowest BCUT2D eigenvalue weighted by molar-refractivity contribution is 0.887. The SMILES string of the molecule is c1ccc(-c2c3c4ccccc4c4ccc5c(c4-3)c3c4c(cccc24)ccc3n5N(c2ccccc2)c2ccccc2)cc1. The Labute approximate surface area is 254 Å². The van der Waals surface area contributed by atoms with E-state index >= 15 is 0 Å². The molecule has 0 bridgehead atoms. The molecule has 2 nitrogen and oxygen atoms in total. The number of hydrogen-bond donors (Lipinski definition) is 0. The van der Waals surface area contributed by atoms with Gasteiger partial charge in [-0.15, -0.1) is 0 Å². The van der Waals surface area contributed by atoms with Crippen molar-refractivity contribution in [2.75, 3.05) is 5.01 Å². The average Bonchev–Trinajstić information content (AvgIpc) is 3.55. The van der Waals surface area contributed by atoms with Gasteiger partial charge in [0.2, 0.25) is 0 Å². The summed E-state index contributed by atoms with van der Waals surface area (Å²) in [5, 5.41) is 12.8. The molecule has 0 amide bonds. The highest BCUT2D eigenvalue weighted by atomic mass is 15.6. The van der Waals surface area contributed by atoms with E-state index in [1.54, 1.807) is 0 Å². The topological polar surface area (TPSA) is 8.17 Å². The van der Waals surface area contributed by atoms with Crippen LogP contribution in [0.15, 0.2) is 158 Å². The van der Waals surface area contributed by atoms with E-state index in [4.69, 9.17) is 0 Å². The summed E-state index contributed by atoms with van der Waals surface area (Å²) in [5.41, 5.74) is 9.88. The van der Waals surface area contributed by atoms with E-state index in [2.05, 4.69) is 167 Å². The van der Waals surface area contributed by atoms with Crippen molar-refractivity contribution in [1.82, 2.24) is 4.68 Å². The summed E-state index contributed by atoms with van der Waals surface area (Å²) in [5.74, 6) is 0. The molecule has 1 heterocycles. The summed E-state index contributed by atoms with van der Waals surface area (Å²) in [6, 6.07) is 57.5. The van der Waals surface area contributed by atoms with Crippen molar-refractivity contribution in [3.63, 3.8) is 0 Å². The molecule has 0 radical (unpaired) electrons. The first kappa shape index (κ1) is 23.7. The van der Waals surface area contributed by atoms with Crippen LogP contribution in [0.3, 0.4) is 0 Å². The van der Waals surface area contributed by atoms with Crippen molar-refractivity contribution in [3.8, 4) is 22.3 Å². The second-order valence-corrected chi connectivity index (χ2v) is 11.7. The number of rotatable bonds is 4. The molecular formula is C42H26N2. The molecule has 7 aromatic carbocycles. The van der Waals surface area contributed by atoms with Crippen LogP contribution in [0.2, 0.25) is 0 Å². The lowest BCUT2D eigenvalue weighted by Crippen LogP contribution is -2.23. The van der Waals surface area contributed by atoms with Crippen LogP contribution in [0.4, 0.5) is 11.4 Å². The third-order valence-corrected chi connectivity index (χ3v) is 9.43. The van der Waals surface area contributed by atoms with E-state index in [1.807, 2.05) is 0 Å². The lowest BCUT2D eigenvalue weighted by Gasteiger charge is -2.28. The summed E-state index contributed by atoms with van der Waals surface area (Å²) in [4.78, 5) is 0. The minimum atomic E-state index is 1.12. The minimum Gasteiger partial charge on any atom is -0.249 e. The van der Waals surface area contributed by atoms with Crippen LogP contribution in [0, 0.1) is 0 Å².